The van der Waals surface area contributed by atoms with Gasteiger partial charge < -0.3 is 5.32 Å². The van der Waals surface area contributed by atoms with Gasteiger partial charge in [0, 0.05) is 5.54 Å². The van der Waals surface area contributed by atoms with Crippen LogP contribution < -0.4 is 5.32 Å². The first kappa shape index (κ1) is 9.42. The maximum atomic E-state index is 11.8. The van der Waals surface area contributed by atoms with Gasteiger partial charge in [0.1, 0.15) is 0 Å². The van der Waals surface area contributed by atoms with Crippen molar-refractivity contribution in [3.63, 3.8) is 0 Å². The minimum atomic E-state index is -2.89. The van der Waals surface area contributed by atoms with Gasteiger partial charge in [-0.15, -0.1) is 0 Å². The van der Waals surface area contributed by atoms with Crippen molar-refractivity contribution in [3.8, 4) is 0 Å². The fourth-order valence-corrected chi connectivity index (χ4v) is 1.63. The predicted molar refractivity (Wildman–Crippen MR) is 41.0 cm³/mol. The Hall–Kier alpha value is -0.670. The maximum absolute atomic E-state index is 11.8. The van der Waals surface area contributed by atoms with Gasteiger partial charge in [0.05, 0.1) is 0 Å². The second kappa shape index (κ2) is 3.37. The molecule has 0 heterocycles. The van der Waals surface area contributed by atoms with Crippen LogP contribution in [0.15, 0.2) is 0 Å². The lowest BCUT2D eigenvalue weighted by molar-refractivity contribution is -0.133. The molecule has 1 saturated carbocycles. The SMILES string of the molecule is CC1(NC(=O)C(F)F)CCCC1. The average Bonchev–Trinajstić information content (AvgIpc) is 2.35. The van der Waals surface area contributed by atoms with Crippen LogP contribution in [0.25, 0.3) is 0 Å². The highest BCUT2D eigenvalue weighted by Gasteiger charge is 2.32. The molecule has 1 amide bonds. The molecule has 0 bridgehead atoms. The highest BCUT2D eigenvalue weighted by molar-refractivity contribution is 5.79. The molecule has 1 N–H and O–H groups in total. The summed E-state index contributed by atoms with van der Waals surface area (Å²) in [6, 6.07) is 0. The van der Waals surface area contributed by atoms with E-state index in [0.717, 1.165) is 25.7 Å². The molecule has 2 nitrogen and oxygen atoms in total. The molecule has 12 heavy (non-hydrogen) atoms. The largest absolute Gasteiger partial charge is 0.346 e. The van der Waals surface area contributed by atoms with E-state index in [4.69, 9.17) is 0 Å². The number of hydrogen-bond acceptors (Lipinski definition) is 1. The molecule has 4 heteroatoms. The van der Waals surface area contributed by atoms with Crippen LogP contribution in [0.4, 0.5) is 8.78 Å². The summed E-state index contributed by atoms with van der Waals surface area (Å²) >= 11 is 0. The lowest BCUT2D eigenvalue weighted by atomic mass is 10.0. The van der Waals surface area contributed by atoms with Crippen LogP contribution in [0.2, 0.25) is 0 Å². The molecule has 1 fully saturated rings. The Labute approximate surface area is 70.3 Å². The van der Waals surface area contributed by atoms with Crippen LogP contribution >= 0.6 is 0 Å². The van der Waals surface area contributed by atoms with Crippen LogP contribution in [0.3, 0.4) is 0 Å². The number of amides is 1. The van der Waals surface area contributed by atoms with Crippen molar-refractivity contribution in [2.24, 2.45) is 0 Å². The van der Waals surface area contributed by atoms with E-state index in [2.05, 4.69) is 5.32 Å². The molecular formula is C8H13F2NO. The van der Waals surface area contributed by atoms with Gasteiger partial charge in [-0.1, -0.05) is 12.8 Å². The van der Waals surface area contributed by atoms with Crippen molar-refractivity contribution < 1.29 is 13.6 Å². The Morgan fingerprint density at radius 1 is 1.42 bits per heavy atom. The summed E-state index contributed by atoms with van der Waals surface area (Å²) in [5, 5.41) is 2.37. The smallest absolute Gasteiger partial charge is 0.315 e. The molecule has 0 unspecified atom stereocenters. The second-order valence-electron chi connectivity index (χ2n) is 3.56. The summed E-state index contributed by atoms with van der Waals surface area (Å²) in [5.74, 6) is -1.14. The van der Waals surface area contributed by atoms with Crippen molar-refractivity contribution in [1.29, 1.82) is 0 Å². The minimum Gasteiger partial charge on any atom is -0.346 e. The van der Waals surface area contributed by atoms with Crippen LogP contribution in [-0.4, -0.2) is 17.9 Å². The molecule has 0 radical (unpaired) electrons. The van der Waals surface area contributed by atoms with Crippen LogP contribution in [0, 0.1) is 0 Å². The molecule has 0 atom stereocenters. The van der Waals surface area contributed by atoms with Gasteiger partial charge in [0.25, 0.3) is 5.91 Å². The van der Waals surface area contributed by atoms with Gasteiger partial charge in [-0.05, 0) is 19.8 Å². The van der Waals surface area contributed by atoms with Crippen LogP contribution in [0.5, 0.6) is 0 Å². The Morgan fingerprint density at radius 3 is 2.33 bits per heavy atom. The topological polar surface area (TPSA) is 29.1 Å². The summed E-state index contributed by atoms with van der Waals surface area (Å²) in [4.78, 5) is 10.6. The first-order valence-corrected chi connectivity index (χ1v) is 4.14. The molecule has 0 aromatic carbocycles. The number of rotatable bonds is 2. The Bertz CT molecular complexity index is 176. The maximum Gasteiger partial charge on any atom is 0.315 e. The second-order valence-corrected chi connectivity index (χ2v) is 3.56. The third-order valence-corrected chi connectivity index (χ3v) is 2.33. The Kier molecular flexibility index (Phi) is 2.65. The van der Waals surface area contributed by atoms with Gasteiger partial charge in [-0.2, -0.15) is 8.78 Å². The summed E-state index contributed by atoms with van der Waals surface area (Å²) < 4.78 is 23.7. The Balaban J connectivity index is 2.44. The van der Waals surface area contributed by atoms with E-state index in [-0.39, 0.29) is 5.54 Å². The van der Waals surface area contributed by atoms with Gasteiger partial charge in [-0.3, -0.25) is 4.79 Å². The van der Waals surface area contributed by atoms with E-state index in [1.54, 1.807) is 0 Å². The molecule has 1 rings (SSSR count). The van der Waals surface area contributed by atoms with Gasteiger partial charge in [0.2, 0.25) is 0 Å². The summed E-state index contributed by atoms with van der Waals surface area (Å²) in [5.41, 5.74) is -0.381. The fraction of sp³-hybridized carbons (Fsp3) is 0.875. The molecule has 0 aliphatic heterocycles. The third-order valence-electron chi connectivity index (χ3n) is 2.33. The normalized spacial score (nSPS) is 21.3. The van der Waals surface area contributed by atoms with E-state index in [0.29, 0.717) is 0 Å². The third kappa shape index (κ3) is 2.16. The van der Waals surface area contributed by atoms with Gasteiger partial charge in [-0.25, -0.2) is 0 Å². The molecule has 0 aromatic rings. The van der Waals surface area contributed by atoms with Crippen molar-refractivity contribution in [3.05, 3.63) is 0 Å². The lowest BCUT2D eigenvalue weighted by Crippen LogP contribution is -2.46. The number of halogens is 2. The first-order chi connectivity index (χ1) is 5.53. The highest BCUT2D eigenvalue weighted by atomic mass is 19.3. The molecule has 70 valence electrons. The van der Waals surface area contributed by atoms with Crippen molar-refractivity contribution >= 4 is 5.91 Å². The number of carbonyl (C=O) groups is 1. The molecule has 1 aliphatic rings. The average molecular weight is 177 g/mol. The van der Waals surface area contributed by atoms with E-state index in [1.165, 1.54) is 0 Å². The van der Waals surface area contributed by atoms with Crippen molar-refractivity contribution in [2.75, 3.05) is 0 Å². The zero-order chi connectivity index (χ0) is 9.19. The number of hydrogen-bond donors (Lipinski definition) is 1. The molecule has 0 aromatic heterocycles. The van der Waals surface area contributed by atoms with Crippen LogP contribution in [0.1, 0.15) is 32.6 Å². The zero-order valence-corrected chi connectivity index (χ0v) is 7.07. The number of alkyl halides is 2. The number of carbonyl (C=O) groups excluding carboxylic acids is 1. The van der Waals surface area contributed by atoms with Crippen molar-refractivity contribution in [2.45, 2.75) is 44.6 Å². The molecule has 0 spiro atoms. The van der Waals surface area contributed by atoms with Crippen LogP contribution in [-0.2, 0) is 4.79 Å². The van der Waals surface area contributed by atoms with Gasteiger partial charge in [0.15, 0.2) is 0 Å². The van der Waals surface area contributed by atoms with Crippen molar-refractivity contribution in [1.82, 2.24) is 5.32 Å². The summed E-state index contributed by atoms with van der Waals surface area (Å²) in [7, 11) is 0. The highest BCUT2D eigenvalue weighted by Crippen LogP contribution is 2.28. The monoisotopic (exact) mass is 177 g/mol. The molecule has 0 saturated heterocycles. The zero-order valence-electron chi connectivity index (χ0n) is 7.07. The minimum absolute atomic E-state index is 0.381. The first-order valence-electron chi connectivity index (χ1n) is 4.14. The van der Waals surface area contributed by atoms with Gasteiger partial charge >= 0.3 is 6.43 Å². The Morgan fingerprint density at radius 2 is 1.92 bits per heavy atom. The molecular weight excluding hydrogens is 164 g/mol. The van der Waals surface area contributed by atoms with E-state index in [1.807, 2.05) is 6.92 Å². The predicted octanol–water partition coefficient (Wildman–Crippen LogP) is 1.70. The van der Waals surface area contributed by atoms with E-state index < -0.39 is 12.3 Å². The quantitative estimate of drug-likeness (QED) is 0.683. The van der Waals surface area contributed by atoms with E-state index >= 15 is 0 Å². The molecule has 1 aliphatic carbocycles. The fourth-order valence-electron chi connectivity index (χ4n) is 1.63. The summed E-state index contributed by atoms with van der Waals surface area (Å²) in [6.45, 7) is 1.82. The lowest BCUT2D eigenvalue weighted by Gasteiger charge is -2.24. The number of nitrogens with one attached hydrogen (secondary N) is 1. The standard InChI is InChI=1S/C8H13F2NO/c1-8(4-2-3-5-8)11-7(12)6(9)10/h6H,2-5H2,1H3,(H,11,12). The summed E-state index contributed by atoms with van der Waals surface area (Å²) in [6.07, 6.45) is 0.763. The van der Waals surface area contributed by atoms with E-state index in [9.17, 15) is 13.6 Å².